The molecule has 1 aliphatic heterocycles. The molecule has 0 aliphatic carbocycles. The van der Waals surface area contributed by atoms with E-state index in [4.69, 9.17) is 4.74 Å². The lowest BCUT2D eigenvalue weighted by Gasteiger charge is -2.27. The quantitative estimate of drug-likeness (QED) is 0.417. The van der Waals surface area contributed by atoms with Gasteiger partial charge in [-0.1, -0.05) is 18.2 Å². The largest absolute Gasteiger partial charge is 0.459 e. The van der Waals surface area contributed by atoms with Crippen LogP contribution in [0, 0.1) is 0 Å². The second-order valence-corrected chi connectivity index (χ2v) is 10.6. The molecule has 198 valence electrons. The lowest BCUT2D eigenvalue weighted by atomic mass is 9.98. The van der Waals surface area contributed by atoms with Crippen LogP contribution in [0.1, 0.15) is 65.2 Å². The van der Waals surface area contributed by atoms with Crippen LogP contribution < -0.4 is 0 Å². The Kier molecular flexibility index (Phi) is 9.54. The first-order chi connectivity index (χ1) is 16.9. The first-order valence-corrected chi connectivity index (χ1v) is 12.9. The molecule has 0 unspecified atom stereocenters. The zero-order chi connectivity index (χ0) is 26.5. The highest BCUT2D eigenvalue weighted by atomic mass is 32.1. The molecule has 1 aliphatic rings. The number of likely N-dealkylation sites (tertiary alicyclic amines) is 1. The second-order valence-electron chi connectivity index (χ2n) is 9.38. The summed E-state index contributed by atoms with van der Waals surface area (Å²) in [4.78, 5) is 27.6. The minimum atomic E-state index is -4.45. The maximum absolute atomic E-state index is 12.9. The summed E-state index contributed by atoms with van der Waals surface area (Å²) in [5.41, 5.74) is -0.380. The van der Waals surface area contributed by atoms with Gasteiger partial charge in [0.25, 0.3) is 0 Å². The van der Waals surface area contributed by atoms with Gasteiger partial charge in [0.05, 0.1) is 36.3 Å². The smallest absolute Gasteiger partial charge is 0.416 e. The van der Waals surface area contributed by atoms with E-state index < -0.39 is 30.0 Å². The minimum Gasteiger partial charge on any atom is -0.459 e. The van der Waals surface area contributed by atoms with Crippen molar-refractivity contribution in [2.75, 3.05) is 6.54 Å². The summed E-state index contributed by atoms with van der Waals surface area (Å²) in [6.45, 7) is 4.00. The van der Waals surface area contributed by atoms with Gasteiger partial charge in [-0.25, -0.2) is 4.79 Å². The van der Waals surface area contributed by atoms with Gasteiger partial charge in [-0.15, -0.1) is 11.3 Å². The normalized spacial score (nSPS) is 19.2. The number of esters is 1. The molecule has 1 fully saturated rings. The summed E-state index contributed by atoms with van der Waals surface area (Å²) in [6.07, 6.45) is -4.44. The van der Waals surface area contributed by atoms with Crippen molar-refractivity contribution in [1.82, 2.24) is 4.90 Å². The number of ether oxygens (including phenoxy) is 1. The molecule has 6 nitrogen and oxygen atoms in total. The van der Waals surface area contributed by atoms with E-state index in [0.29, 0.717) is 36.2 Å². The van der Waals surface area contributed by atoms with Crippen LogP contribution in [0.3, 0.4) is 0 Å². The van der Waals surface area contributed by atoms with E-state index in [2.05, 4.69) is 0 Å². The summed E-state index contributed by atoms with van der Waals surface area (Å²) >= 11 is 1.35. The van der Waals surface area contributed by atoms with Crippen LogP contribution >= 0.6 is 11.3 Å². The van der Waals surface area contributed by atoms with E-state index in [-0.39, 0.29) is 37.2 Å². The lowest BCUT2D eigenvalue weighted by molar-refractivity contribution is -0.137. The van der Waals surface area contributed by atoms with Gasteiger partial charge in [-0.2, -0.15) is 13.2 Å². The number of halogens is 3. The predicted octanol–water partition coefficient (Wildman–Crippen LogP) is 4.61. The van der Waals surface area contributed by atoms with Gasteiger partial charge in [0, 0.05) is 11.4 Å². The van der Waals surface area contributed by atoms with Crippen LogP contribution in [0.15, 0.2) is 36.4 Å². The number of nitrogens with zero attached hydrogens (tertiary/aromatic N) is 1. The van der Waals surface area contributed by atoms with E-state index in [1.807, 2.05) is 6.07 Å². The summed E-state index contributed by atoms with van der Waals surface area (Å²) < 4.78 is 44.0. The summed E-state index contributed by atoms with van der Waals surface area (Å²) in [7, 11) is 0. The molecule has 3 rings (SSSR count). The van der Waals surface area contributed by atoms with Crippen molar-refractivity contribution in [2.45, 2.75) is 82.9 Å². The Bertz CT molecular complexity index is 1040. The van der Waals surface area contributed by atoms with Crippen LogP contribution in [0.5, 0.6) is 0 Å². The maximum atomic E-state index is 12.9. The number of benzene rings is 1. The molecule has 36 heavy (non-hydrogen) atoms. The first kappa shape index (κ1) is 28.1. The third kappa shape index (κ3) is 7.78. The molecule has 1 aromatic carbocycles. The van der Waals surface area contributed by atoms with Crippen LogP contribution in [-0.2, 0) is 28.5 Å². The molecule has 0 saturated carbocycles. The Hall–Kier alpha value is -2.43. The highest BCUT2D eigenvalue weighted by Crippen LogP contribution is 2.30. The van der Waals surface area contributed by atoms with Gasteiger partial charge in [0.15, 0.2) is 0 Å². The Labute approximate surface area is 212 Å². The number of aliphatic hydroxyl groups is 2. The SMILES string of the molecule is CC(C)OC(=O)c1ccc(CCCN2C(=O)C[C@@H](O)[C@@H]2CC[C@@H](O)Cc2cccc(C(F)(F)F)c2)s1. The van der Waals surface area contributed by atoms with E-state index in [1.54, 1.807) is 24.8 Å². The van der Waals surface area contributed by atoms with Gasteiger partial charge in [0.2, 0.25) is 5.91 Å². The van der Waals surface area contributed by atoms with Crippen LogP contribution in [0.4, 0.5) is 13.2 Å². The van der Waals surface area contributed by atoms with Crippen molar-refractivity contribution in [1.29, 1.82) is 0 Å². The number of rotatable bonds is 11. The second kappa shape index (κ2) is 12.2. The van der Waals surface area contributed by atoms with Crippen molar-refractivity contribution < 1.29 is 37.7 Å². The van der Waals surface area contributed by atoms with Crippen molar-refractivity contribution in [3.8, 4) is 0 Å². The molecule has 10 heteroatoms. The number of thiophene rings is 1. The first-order valence-electron chi connectivity index (χ1n) is 12.1. The van der Waals surface area contributed by atoms with Crippen molar-refractivity contribution in [3.63, 3.8) is 0 Å². The Morgan fingerprint density at radius 2 is 2.00 bits per heavy atom. The number of hydrogen-bond donors (Lipinski definition) is 2. The van der Waals surface area contributed by atoms with Crippen molar-refractivity contribution in [3.05, 3.63) is 57.3 Å². The number of amides is 1. The highest BCUT2D eigenvalue weighted by Gasteiger charge is 2.38. The van der Waals surface area contributed by atoms with Crippen molar-refractivity contribution >= 4 is 23.2 Å². The van der Waals surface area contributed by atoms with Crippen LogP contribution in [0.2, 0.25) is 0 Å². The third-order valence-corrected chi connectivity index (χ3v) is 7.22. The average Bonchev–Trinajstić information content (AvgIpc) is 3.36. The van der Waals surface area contributed by atoms with Gasteiger partial charge in [-0.05, 0) is 69.7 Å². The minimum absolute atomic E-state index is 0.0125. The molecule has 3 atom stereocenters. The Morgan fingerprint density at radius 3 is 2.69 bits per heavy atom. The fourth-order valence-corrected chi connectivity index (χ4v) is 5.33. The zero-order valence-electron chi connectivity index (χ0n) is 20.3. The molecule has 0 radical (unpaired) electrons. The Balaban J connectivity index is 1.50. The molecule has 2 aromatic rings. The van der Waals surface area contributed by atoms with Crippen LogP contribution in [0.25, 0.3) is 0 Å². The van der Waals surface area contributed by atoms with Crippen LogP contribution in [-0.4, -0.2) is 57.9 Å². The molecule has 1 aromatic heterocycles. The van der Waals surface area contributed by atoms with E-state index >= 15 is 0 Å². The topological polar surface area (TPSA) is 87.1 Å². The van der Waals surface area contributed by atoms with Gasteiger partial charge >= 0.3 is 12.1 Å². The molecule has 0 spiro atoms. The molecule has 2 N–H and O–H groups in total. The van der Waals surface area contributed by atoms with Gasteiger partial charge < -0.3 is 19.8 Å². The standard InChI is InChI=1S/C26H32F3NO5S/c1-16(2)35-25(34)23-11-9-20(36-23)7-4-12-30-21(22(32)15-24(30)33)10-8-19(31)14-17-5-3-6-18(13-17)26(27,28)29/h3,5-6,9,11,13,16,19,21-22,31-32H,4,7-8,10,12,14-15H2,1-2H3/t19-,21+,22-/m1/s1. The van der Waals surface area contributed by atoms with Crippen molar-refractivity contribution in [2.24, 2.45) is 0 Å². The monoisotopic (exact) mass is 527 g/mol. The average molecular weight is 528 g/mol. The highest BCUT2D eigenvalue weighted by molar-refractivity contribution is 7.13. The molecule has 0 bridgehead atoms. The number of hydrogen-bond acceptors (Lipinski definition) is 6. The molecular formula is C26H32F3NO5S. The molecule has 1 saturated heterocycles. The summed E-state index contributed by atoms with van der Waals surface area (Å²) in [5.74, 6) is -0.518. The number of alkyl halides is 3. The molecule has 2 heterocycles. The maximum Gasteiger partial charge on any atom is 0.416 e. The number of carbonyl (C=O) groups is 2. The molecular weight excluding hydrogens is 495 g/mol. The lowest BCUT2D eigenvalue weighted by Crippen LogP contribution is -2.38. The number of aryl methyl sites for hydroxylation is 1. The number of aliphatic hydroxyl groups excluding tert-OH is 2. The van der Waals surface area contributed by atoms with Gasteiger partial charge in [-0.3, -0.25) is 4.79 Å². The predicted molar refractivity (Wildman–Crippen MR) is 130 cm³/mol. The number of carbonyl (C=O) groups excluding carboxylic acids is 2. The fourth-order valence-electron chi connectivity index (χ4n) is 4.39. The summed E-state index contributed by atoms with van der Waals surface area (Å²) in [6, 6.07) is 8.01. The van der Waals surface area contributed by atoms with E-state index in [0.717, 1.165) is 17.0 Å². The van der Waals surface area contributed by atoms with E-state index in [9.17, 15) is 33.0 Å². The Morgan fingerprint density at radius 1 is 1.25 bits per heavy atom. The molecule has 1 amide bonds. The van der Waals surface area contributed by atoms with Gasteiger partial charge in [0.1, 0.15) is 4.88 Å². The summed E-state index contributed by atoms with van der Waals surface area (Å²) in [5, 5.41) is 20.8. The van der Waals surface area contributed by atoms with E-state index in [1.165, 1.54) is 23.5 Å². The fraction of sp³-hybridized carbons (Fsp3) is 0.538. The zero-order valence-corrected chi connectivity index (χ0v) is 21.1. The third-order valence-electron chi connectivity index (χ3n) is 6.10.